The number of nitrogens with one attached hydrogen (secondary N) is 1. The Hall–Kier alpha value is -2.35. The second kappa shape index (κ2) is 6.40. The Morgan fingerprint density at radius 2 is 2.33 bits per heavy atom. The van der Waals surface area contributed by atoms with E-state index in [-0.39, 0.29) is 12.2 Å². The molecule has 0 unspecified atom stereocenters. The summed E-state index contributed by atoms with van der Waals surface area (Å²) in [6.07, 6.45) is 1.21. The van der Waals surface area contributed by atoms with Crippen LogP contribution in [-0.2, 0) is 9.53 Å². The normalized spacial score (nSPS) is 10.7. The Morgan fingerprint density at radius 1 is 1.61 bits per heavy atom. The van der Waals surface area contributed by atoms with Gasteiger partial charge in [0.2, 0.25) is 0 Å². The van der Waals surface area contributed by atoms with Crippen molar-refractivity contribution < 1.29 is 13.9 Å². The second-order valence-corrected chi connectivity index (χ2v) is 3.49. The van der Waals surface area contributed by atoms with Gasteiger partial charge in [-0.2, -0.15) is 5.26 Å². The van der Waals surface area contributed by atoms with E-state index in [1.54, 1.807) is 26.0 Å². The third-order valence-corrected chi connectivity index (χ3v) is 2.19. The maximum absolute atomic E-state index is 13.0. The molecule has 5 heteroatoms. The van der Waals surface area contributed by atoms with Crippen molar-refractivity contribution in [3.05, 3.63) is 41.4 Å². The molecule has 0 saturated carbocycles. The maximum Gasteiger partial charge on any atom is 0.350 e. The maximum atomic E-state index is 13.0. The molecule has 1 aromatic rings. The van der Waals surface area contributed by atoms with Gasteiger partial charge in [-0.3, -0.25) is 0 Å². The molecule has 0 aliphatic carbocycles. The first-order valence-electron chi connectivity index (χ1n) is 5.38. The number of esters is 1. The fourth-order valence-electron chi connectivity index (χ4n) is 1.25. The molecule has 94 valence electrons. The molecule has 0 amide bonds. The number of benzene rings is 1. The standard InChI is InChI=1S/C13H13FN2O2/c1-3-18-13(17)10(7-15)8-16-12-6-11(14)5-4-9(12)2/h4-6,8,16H,3H2,1-2H3/b10-8-. The summed E-state index contributed by atoms with van der Waals surface area (Å²) in [6.45, 7) is 3.62. The van der Waals surface area contributed by atoms with Crippen LogP contribution in [0.5, 0.6) is 0 Å². The van der Waals surface area contributed by atoms with Crippen LogP contribution in [0.1, 0.15) is 12.5 Å². The number of nitrogens with zero attached hydrogens (tertiary/aromatic N) is 1. The van der Waals surface area contributed by atoms with Crippen molar-refractivity contribution in [1.29, 1.82) is 5.26 Å². The van der Waals surface area contributed by atoms with Gasteiger partial charge in [-0.05, 0) is 31.5 Å². The molecule has 1 rings (SSSR count). The van der Waals surface area contributed by atoms with Gasteiger partial charge >= 0.3 is 5.97 Å². The van der Waals surface area contributed by atoms with E-state index in [4.69, 9.17) is 10.00 Å². The molecule has 0 atom stereocenters. The minimum absolute atomic E-state index is 0.166. The van der Waals surface area contributed by atoms with Gasteiger partial charge in [0.25, 0.3) is 0 Å². The average Bonchev–Trinajstić information content (AvgIpc) is 2.34. The van der Waals surface area contributed by atoms with Crippen molar-refractivity contribution >= 4 is 11.7 Å². The first-order valence-corrected chi connectivity index (χ1v) is 5.38. The molecule has 1 N–H and O–H groups in total. The van der Waals surface area contributed by atoms with E-state index in [9.17, 15) is 9.18 Å². The van der Waals surface area contributed by atoms with Crippen LogP contribution in [0.2, 0.25) is 0 Å². The van der Waals surface area contributed by atoms with Crippen LogP contribution in [0.25, 0.3) is 0 Å². The van der Waals surface area contributed by atoms with E-state index in [0.717, 1.165) is 5.56 Å². The van der Waals surface area contributed by atoms with Gasteiger partial charge < -0.3 is 10.1 Å². The number of carbonyl (C=O) groups is 1. The van der Waals surface area contributed by atoms with E-state index in [2.05, 4.69) is 5.32 Å². The smallest absolute Gasteiger partial charge is 0.350 e. The lowest BCUT2D eigenvalue weighted by Gasteiger charge is -2.06. The number of rotatable bonds is 4. The van der Waals surface area contributed by atoms with Crippen molar-refractivity contribution in [2.45, 2.75) is 13.8 Å². The number of aryl methyl sites for hydroxylation is 1. The predicted molar refractivity (Wildman–Crippen MR) is 65.1 cm³/mol. The summed E-state index contributed by atoms with van der Waals surface area (Å²) in [7, 11) is 0. The van der Waals surface area contributed by atoms with Crippen molar-refractivity contribution in [2.24, 2.45) is 0 Å². The molecular weight excluding hydrogens is 235 g/mol. The Morgan fingerprint density at radius 3 is 2.94 bits per heavy atom. The van der Waals surface area contributed by atoms with Crippen molar-refractivity contribution in [3.8, 4) is 6.07 Å². The number of hydrogen-bond acceptors (Lipinski definition) is 4. The minimum Gasteiger partial charge on any atom is -0.462 e. The van der Waals surface area contributed by atoms with E-state index in [0.29, 0.717) is 5.69 Å². The second-order valence-electron chi connectivity index (χ2n) is 3.49. The van der Waals surface area contributed by atoms with E-state index >= 15 is 0 Å². The molecule has 0 fully saturated rings. The summed E-state index contributed by atoms with van der Waals surface area (Å²) < 4.78 is 17.7. The van der Waals surface area contributed by atoms with Crippen molar-refractivity contribution in [1.82, 2.24) is 0 Å². The summed E-state index contributed by atoms with van der Waals surface area (Å²) >= 11 is 0. The number of anilines is 1. The summed E-state index contributed by atoms with van der Waals surface area (Å²) in [5.74, 6) is -1.10. The van der Waals surface area contributed by atoms with Gasteiger partial charge in [0.15, 0.2) is 5.57 Å². The van der Waals surface area contributed by atoms with Gasteiger partial charge in [-0.25, -0.2) is 9.18 Å². The summed E-state index contributed by atoms with van der Waals surface area (Å²) in [5, 5.41) is 11.5. The van der Waals surface area contributed by atoms with Gasteiger partial charge in [0, 0.05) is 11.9 Å². The molecule has 0 aliphatic heterocycles. The lowest BCUT2D eigenvalue weighted by atomic mass is 10.2. The number of nitriles is 1. The fraction of sp³-hybridized carbons (Fsp3) is 0.231. The average molecular weight is 248 g/mol. The number of carbonyl (C=O) groups excluding carboxylic acids is 1. The summed E-state index contributed by atoms with van der Waals surface area (Å²) in [4.78, 5) is 11.3. The number of ether oxygens (including phenoxy) is 1. The monoisotopic (exact) mass is 248 g/mol. The van der Waals surface area contributed by atoms with Crippen molar-refractivity contribution in [2.75, 3.05) is 11.9 Å². The van der Waals surface area contributed by atoms with Crippen LogP contribution in [0.15, 0.2) is 30.0 Å². The fourth-order valence-corrected chi connectivity index (χ4v) is 1.25. The van der Waals surface area contributed by atoms with Crippen molar-refractivity contribution in [3.63, 3.8) is 0 Å². The molecule has 0 bridgehead atoms. The molecule has 0 heterocycles. The van der Waals surface area contributed by atoms with E-state index in [1.165, 1.54) is 18.3 Å². The summed E-state index contributed by atoms with van der Waals surface area (Å²) in [6, 6.07) is 5.94. The molecule has 0 aromatic heterocycles. The van der Waals surface area contributed by atoms with Gasteiger partial charge in [-0.1, -0.05) is 6.07 Å². The molecule has 0 spiro atoms. The summed E-state index contributed by atoms with van der Waals surface area (Å²) in [5.41, 5.74) is 1.13. The van der Waals surface area contributed by atoms with Crippen LogP contribution in [-0.4, -0.2) is 12.6 Å². The molecule has 0 aliphatic rings. The SMILES string of the molecule is CCOC(=O)/C(C#N)=C\Nc1cc(F)ccc1C. The highest BCUT2D eigenvalue weighted by molar-refractivity contribution is 5.93. The van der Waals surface area contributed by atoms with Crippen LogP contribution in [0.4, 0.5) is 10.1 Å². The predicted octanol–water partition coefficient (Wildman–Crippen LogP) is 2.52. The molecule has 0 saturated heterocycles. The van der Waals surface area contributed by atoms with Gasteiger partial charge in [0.05, 0.1) is 6.61 Å². The molecule has 0 radical (unpaired) electrons. The van der Waals surface area contributed by atoms with Gasteiger partial charge in [-0.15, -0.1) is 0 Å². The van der Waals surface area contributed by atoms with Crippen LogP contribution < -0.4 is 5.32 Å². The highest BCUT2D eigenvalue weighted by Crippen LogP contribution is 2.16. The number of hydrogen-bond donors (Lipinski definition) is 1. The van der Waals surface area contributed by atoms with Crippen LogP contribution in [0, 0.1) is 24.1 Å². The minimum atomic E-state index is -0.707. The Bertz CT molecular complexity index is 518. The zero-order valence-electron chi connectivity index (χ0n) is 10.2. The van der Waals surface area contributed by atoms with Crippen LogP contribution in [0.3, 0.4) is 0 Å². The lowest BCUT2D eigenvalue weighted by Crippen LogP contribution is -2.08. The highest BCUT2D eigenvalue weighted by Gasteiger charge is 2.09. The third-order valence-electron chi connectivity index (χ3n) is 2.19. The van der Waals surface area contributed by atoms with Gasteiger partial charge in [0.1, 0.15) is 11.9 Å². The zero-order chi connectivity index (χ0) is 13.5. The Kier molecular flexibility index (Phi) is 4.88. The molecular formula is C13H13FN2O2. The lowest BCUT2D eigenvalue weighted by molar-refractivity contribution is -0.138. The largest absolute Gasteiger partial charge is 0.462 e. The topological polar surface area (TPSA) is 62.1 Å². The van der Waals surface area contributed by atoms with Crippen LogP contribution >= 0.6 is 0 Å². The van der Waals surface area contributed by atoms with E-state index in [1.807, 2.05) is 0 Å². The first kappa shape index (κ1) is 13.7. The Balaban J connectivity index is 2.87. The molecule has 1 aromatic carbocycles. The molecule has 18 heavy (non-hydrogen) atoms. The molecule has 4 nitrogen and oxygen atoms in total. The number of halogens is 1. The third kappa shape index (κ3) is 3.59. The van der Waals surface area contributed by atoms with E-state index < -0.39 is 11.8 Å². The first-order chi connectivity index (χ1) is 8.58. The zero-order valence-corrected chi connectivity index (χ0v) is 10.2. The highest BCUT2D eigenvalue weighted by atomic mass is 19.1. The Labute approximate surface area is 105 Å². The quantitative estimate of drug-likeness (QED) is 0.505.